The summed E-state index contributed by atoms with van der Waals surface area (Å²) < 4.78 is 5.05. The second-order valence-electron chi connectivity index (χ2n) is 2.88. The molecule has 1 heterocycles. The molecule has 0 saturated carbocycles. The number of fused-ring (bicyclic) bond motifs is 1. The molecule has 78 valence electrons. The lowest BCUT2D eigenvalue weighted by molar-refractivity contribution is 0.0692. The standard InChI is InChI=1S/C9H7ClN2O3/c1-15-5-3-2-4(10)7-6(5)8(9(13)14)12-11-7/h2-3H,1H3,(H,11,12)(H,13,14). The highest BCUT2D eigenvalue weighted by molar-refractivity contribution is 6.35. The maximum absolute atomic E-state index is 10.9. The van der Waals surface area contributed by atoms with Gasteiger partial charge in [0.15, 0.2) is 5.69 Å². The molecule has 0 bridgehead atoms. The molecule has 2 rings (SSSR count). The molecule has 0 aliphatic heterocycles. The SMILES string of the molecule is COc1ccc(Cl)c2n[nH]c(C(=O)O)c12. The Labute approximate surface area is 89.6 Å². The predicted molar refractivity (Wildman–Crippen MR) is 54.6 cm³/mol. The van der Waals surface area contributed by atoms with Crippen LogP contribution in [0.2, 0.25) is 5.02 Å². The third-order valence-corrected chi connectivity index (χ3v) is 2.36. The highest BCUT2D eigenvalue weighted by Gasteiger charge is 2.18. The molecule has 0 unspecified atom stereocenters. The van der Waals surface area contributed by atoms with E-state index in [9.17, 15) is 4.79 Å². The molecule has 0 aliphatic rings. The molecule has 1 aromatic carbocycles. The number of nitrogens with zero attached hydrogens (tertiary/aromatic N) is 1. The molecular formula is C9H7ClN2O3. The van der Waals surface area contributed by atoms with Crippen LogP contribution in [0.5, 0.6) is 5.75 Å². The van der Waals surface area contributed by atoms with Crippen LogP contribution in [0.4, 0.5) is 0 Å². The normalized spacial score (nSPS) is 10.5. The van der Waals surface area contributed by atoms with Crippen molar-refractivity contribution in [2.75, 3.05) is 7.11 Å². The summed E-state index contributed by atoms with van der Waals surface area (Å²) in [5.41, 5.74) is 0.373. The molecular weight excluding hydrogens is 220 g/mol. The Morgan fingerprint density at radius 1 is 1.60 bits per heavy atom. The lowest BCUT2D eigenvalue weighted by Crippen LogP contribution is -1.98. The number of aromatic nitrogens is 2. The first-order valence-electron chi connectivity index (χ1n) is 4.09. The number of aromatic amines is 1. The summed E-state index contributed by atoms with van der Waals surface area (Å²) in [6.07, 6.45) is 0. The van der Waals surface area contributed by atoms with Crippen molar-refractivity contribution in [3.05, 3.63) is 22.8 Å². The zero-order chi connectivity index (χ0) is 11.0. The van der Waals surface area contributed by atoms with Gasteiger partial charge >= 0.3 is 5.97 Å². The Kier molecular flexibility index (Phi) is 2.24. The number of ether oxygens (including phenoxy) is 1. The summed E-state index contributed by atoms with van der Waals surface area (Å²) >= 11 is 5.87. The summed E-state index contributed by atoms with van der Waals surface area (Å²) in [6, 6.07) is 3.21. The van der Waals surface area contributed by atoms with Crippen LogP contribution in [0.3, 0.4) is 0 Å². The van der Waals surface area contributed by atoms with Gasteiger partial charge in [-0.3, -0.25) is 5.10 Å². The van der Waals surface area contributed by atoms with Crippen LogP contribution in [0.25, 0.3) is 10.9 Å². The van der Waals surface area contributed by atoms with Crippen LogP contribution in [-0.2, 0) is 0 Å². The second kappa shape index (κ2) is 3.43. The molecule has 0 saturated heterocycles. The van der Waals surface area contributed by atoms with Crippen LogP contribution in [0.15, 0.2) is 12.1 Å². The van der Waals surface area contributed by atoms with Gasteiger partial charge in [0.05, 0.1) is 17.5 Å². The van der Waals surface area contributed by atoms with Gasteiger partial charge in [0.2, 0.25) is 0 Å². The first-order chi connectivity index (χ1) is 7.15. The molecule has 0 aliphatic carbocycles. The molecule has 1 aromatic heterocycles. The van der Waals surface area contributed by atoms with E-state index in [0.29, 0.717) is 21.7 Å². The topological polar surface area (TPSA) is 75.2 Å². The van der Waals surface area contributed by atoms with Crippen molar-refractivity contribution in [1.29, 1.82) is 0 Å². The minimum absolute atomic E-state index is 0.0237. The van der Waals surface area contributed by atoms with Crippen LogP contribution >= 0.6 is 11.6 Å². The van der Waals surface area contributed by atoms with E-state index in [-0.39, 0.29) is 5.69 Å². The lowest BCUT2D eigenvalue weighted by Gasteiger charge is -2.02. The number of benzene rings is 1. The summed E-state index contributed by atoms with van der Waals surface area (Å²) in [5, 5.41) is 15.9. The van der Waals surface area contributed by atoms with Crippen LogP contribution in [0, 0.1) is 0 Å². The predicted octanol–water partition coefficient (Wildman–Crippen LogP) is 1.92. The first-order valence-corrected chi connectivity index (χ1v) is 4.46. The van der Waals surface area contributed by atoms with E-state index < -0.39 is 5.97 Å². The monoisotopic (exact) mass is 226 g/mol. The second-order valence-corrected chi connectivity index (χ2v) is 3.28. The summed E-state index contributed by atoms with van der Waals surface area (Å²) in [7, 11) is 1.46. The smallest absolute Gasteiger partial charge is 0.354 e. The van der Waals surface area contributed by atoms with Gasteiger partial charge in [0.1, 0.15) is 11.3 Å². The highest BCUT2D eigenvalue weighted by atomic mass is 35.5. The van der Waals surface area contributed by atoms with Crippen molar-refractivity contribution < 1.29 is 14.6 Å². The molecule has 2 aromatic rings. The zero-order valence-electron chi connectivity index (χ0n) is 7.74. The van der Waals surface area contributed by atoms with Gasteiger partial charge in [-0.15, -0.1) is 0 Å². The van der Waals surface area contributed by atoms with Gasteiger partial charge in [-0.1, -0.05) is 11.6 Å². The fourth-order valence-corrected chi connectivity index (χ4v) is 1.59. The molecule has 2 N–H and O–H groups in total. The van der Waals surface area contributed by atoms with Crippen LogP contribution < -0.4 is 4.74 Å². The average molecular weight is 227 g/mol. The fourth-order valence-electron chi connectivity index (χ4n) is 1.39. The quantitative estimate of drug-likeness (QED) is 0.820. The van der Waals surface area contributed by atoms with Crippen molar-refractivity contribution in [1.82, 2.24) is 10.2 Å². The van der Waals surface area contributed by atoms with E-state index in [1.807, 2.05) is 0 Å². The maximum atomic E-state index is 10.9. The van der Waals surface area contributed by atoms with Crippen molar-refractivity contribution >= 4 is 28.5 Å². The Morgan fingerprint density at radius 3 is 2.93 bits per heavy atom. The molecule has 0 atom stereocenters. The fraction of sp³-hybridized carbons (Fsp3) is 0.111. The number of nitrogens with one attached hydrogen (secondary N) is 1. The number of carbonyl (C=O) groups is 1. The van der Waals surface area contributed by atoms with Gasteiger partial charge in [0.25, 0.3) is 0 Å². The third kappa shape index (κ3) is 1.41. The summed E-state index contributed by atoms with van der Waals surface area (Å²) in [4.78, 5) is 10.9. The number of carboxylic acids is 1. The molecule has 5 nitrogen and oxygen atoms in total. The Bertz CT molecular complexity index is 535. The molecule has 0 fully saturated rings. The van der Waals surface area contributed by atoms with E-state index in [0.717, 1.165) is 0 Å². The van der Waals surface area contributed by atoms with Crippen LogP contribution in [-0.4, -0.2) is 28.4 Å². The Morgan fingerprint density at radius 2 is 2.33 bits per heavy atom. The number of H-pyrrole nitrogens is 1. The van der Waals surface area contributed by atoms with E-state index in [4.69, 9.17) is 21.4 Å². The largest absolute Gasteiger partial charge is 0.496 e. The van der Waals surface area contributed by atoms with Gasteiger partial charge in [-0.25, -0.2) is 4.79 Å². The Hall–Kier alpha value is -1.75. The number of hydrogen-bond donors (Lipinski definition) is 2. The molecule has 0 spiro atoms. The minimum Gasteiger partial charge on any atom is -0.496 e. The van der Waals surface area contributed by atoms with Crippen molar-refractivity contribution in [2.45, 2.75) is 0 Å². The van der Waals surface area contributed by atoms with Crippen molar-refractivity contribution in [2.24, 2.45) is 0 Å². The number of rotatable bonds is 2. The maximum Gasteiger partial charge on any atom is 0.354 e. The van der Waals surface area contributed by atoms with Crippen LogP contribution in [0.1, 0.15) is 10.5 Å². The van der Waals surface area contributed by atoms with E-state index in [1.54, 1.807) is 12.1 Å². The number of hydrogen-bond acceptors (Lipinski definition) is 3. The first kappa shape index (κ1) is 9.79. The Balaban J connectivity index is 2.86. The van der Waals surface area contributed by atoms with E-state index in [2.05, 4.69) is 10.2 Å². The van der Waals surface area contributed by atoms with Gasteiger partial charge in [-0.05, 0) is 12.1 Å². The zero-order valence-corrected chi connectivity index (χ0v) is 8.50. The van der Waals surface area contributed by atoms with Crippen molar-refractivity contribution in [3.63, 3.8) is 0 Å². The van der Waals surface area contributed by atoms with E-state index >= 15 is 0 Å². The minimum atomic E-state index is -1.10. The average Bonchev–Trinajstić information content (AvgIpc) is 2.64. The molecule has 0 radical (unpaired) electrons. The summed E-state index contributed by atoms with van der Waals surface area (Å²) in [6.45, 7) is 0. The number of methoxy groups -OCH3 is 1. The highest BCUT2D eigenvalue weighted by Crippen LogP contribution is 2.32. The van der Waals surface area contributed by atoms with Gasteiger partial charge < -0.3 is 9.84 Å². The molecule has 0 amide bonds. The van der Waals surface area contributed by atoms with Crippen molar-refractivity contribution in [3.8, 4) is 5.75 Å². The number of halogens is 1. The third-order valence-electron chi connectivity index (χ3n) is 2.05. The number of aromatic carboxylic acids is 1. The van der Waals surface area contributed by atoms with Gasteiger partial charge in [0, 0.05) is 0 Å². The number of carboxylic acid groups (broad SMARTS) is 1. The lowest BCUT2D eigenvalue weighted by atomic mass is 10.2. The van der Waals surface area contributed by atoms with E-state index in [1.165, 1.54) is 7.11 Å². The molecule has 15 heavy (non-hydrogen) atoms. The molecule has 6 heteroatoms. The summed E-state index contributed by atoms with van der Waals surface area (Å²) in [5.74, 6) is -0.668. The van der Waals surface area contributed by atoms with Gasteiger partial charge in [-0.2, -0.15) is 5.10 Å².